The normalized spacial score (nSPS) is 16.7. The van der Waals surface area contributed by atoms with Gasteiger partial charge in [-0.3, -0.25) is 9.78 Å². The molecule has 0 bridgehead atoms. The van der Waals surface area contributed by atoms with E-state index in [0.29, 0.717) is 40.9 Å². The topological polar surface area (TPSA) is 102 Å². The van der Waals surface area contributed by atoms with Crippen LogP contribution in [0.2, 0.25) is 0 Å². The third-order valence-corrected chi connectivity index (χ3v) is 6.76. The monoisotopic (exact) mass is 508 g/mol. The minimum Gasteiger partial charge on any atom is -0.497 e. The predicted octanol–water partition coefficient (Wildman–Crippen LogP) is 3.60. The molecule has 2 aliphatic heterocycles. The summed E-state index contributed by atoms with van der Waals surface area (Å²) in [6, 6.07) is 10.6. The largest absolute Gasteiger partial charge is 0.497 e. The second-order valence-corrected chi connectivity index (χ2v) is 8.96. The fraction of sp³-hybridized carbons (Fsp3) is 0.308. The van der Waals surface area contributed by atoms with Crippen molar-refractivity contribution in [1.29, 1.82) is 0 Å². The fourth-order valence-electron chi connectivity index (χ4n) is 4.15. The summed E-state index contributed by atoms with van der Waals surface area (Å²) in [4.78, 5) is 36.6. The Bertz CT molecular complexity index is 1220. The first kappa shape index (κ1) is 25.3. The number of carbonyl (C=O) groups is 2. The van der Waals surface area contributed by atoms with Gasteiger partial charge in [0, 0.05) is 36.6 Å². The molecule has 0 unspecified atom stereocenters. The van der Waals surface area contributed by atoms with E-state index in [2.05, 4.69) is 15.3 Å². The molecule has 0 aliphatic carbocycles. The molecule has 10 heteroatoms. The molecule has 1 aromatic heterocycles. The number of esters is 1. The highest BCUT2D eigenvalue weighted by Gasteiger charge is 2.41. The molecule has 4 rings (SSSR count). The van der Waals surface area contributed by atoms with Gasteiger partial charge in [-0.2, -0.15) is 0 Å². The maximum absolute atomic E-state index is 12.9. The molecule has 36 heavy (non-hydrogen) atoms. The SMILES string of the molecule is COC(=O)C1=C(C)N=C2SC=C(CC(=O)NCCc3ccccn3)N2[C@H]1c1cc(OC)cc(OC)c1. The van der Waals surface area contributed by atoms with Crippen LogP contribution >= 0.6 is 11.8 Å². The lowest BCUT2D eigenvalue weighted by molar-refractivity contribution is -0.136. The van der Waals surface area contributed by atoms with Gasteiger partial charge in [0.2, 0.25) is 5.91 Å². The van der Waals surface area contributed by atoms with Crippen molar-refractivity contribution in [3.63, 3.8) is 0 Å². The van der Waals surface area contributed by atoms with Crippen LogP contribution in [0.15, 0.2) is 70.0 Å². The van der Waals surface area contributed by atoms with Gasteiger partial charge in [-0.25, -0.2) is 9.79 Å². The number of methoxy groups -OCH3 is 3. The second-order valence-electron chi connectivity index (χ2n) is 8.13. The van der Waals surface area contributed by atoms with Crippen molar-refractivity contribution in [1.82, 2.24) is 15.2 Å². The van der Waals surface area contributed by atoms with Crippen LogP contribution in [-0.4, -0.2) is 54.8 Å². The number of ether oxygens (including phenoxy) is 3. The van der Waals surface area contributed by atoms with E-state index in [9.17, 15) is 9.59 Å². The maximum atomic E-state index is 12.9. The number of pyridine rings is 1. The summed E-state index contributed by atoms with van der Waals surface area (Å²) in [7, 11) is 4.48. The molecule has 0 saturated carbocycles. The van der Waals surface area contributed by atoms with Crippen molar-refractivity contribution in [2.75, 3.05) is 27.9 Å². The molecule has 0 spiro atoms. The first-order chi connectivity index (χ1) is 17.4. The zero-order chi connectivity index (χ0) is 25.7. The molecule has 1 amide bonds. The van der Waals surface area contributed by atoms with Crippen LogP contribution in [0.1, 0.15) is 30.6 Å². The lowest BCUT2D eigenvalue weighted by Crippen LogP contribution is -2.38. The summed E-state index contributed by atoms with van der Waals surface area (Å²) in [6.45, 7) is 2.25. The standard InChI is InChI=1S/C26H28N4O5S/c1-16-23(25(32)35-4)24(17-11-20(33-2)14-21(12-17)34-3)30-19(15-36-26(30)29-16)13-22(31)28-10-8-18-7-5-6-9-27-18/h5-7,9,11-12,14-15,24H,8,10,13H2,1-4H3,(H,28,31)/t24-/m0/s1. The van der Waals surface area contributed by atoms with Gasteiger partial charge in [0.25, 0.3) is 0 Å². The third-order valence-electron chi connectivity index (χ3n) is 5.87. The highest BCUT2D eigenvalue weighted by molar-refractivity contribution is 8.16. The predicted molar refractivity (Wildman–Crippen MR) is 138 cm³/mol. The van der Waals surface area contributed by atoms with E-state index >= 15 is 0 Å². The number of allylic oxidation sites excluding steroid dienone is 1. The number of hydrogen-bond acceptors (Lipinski definition) is 9. The number of aliphatic imine (C=N–C) groups is 1. The number of thioether (sulfide) groups is 1. The van der Waals surface area contributed by atoms with Crippen LogP contribution in [0.3, 0.4) is 0 Å². The van der Waals surface area contributed by atoms with E-state index in [1.54, 1.807) is 33.4 Å². The van der Waals surface area contributed by atoms with Gasteiger partial charge < -0.3 is 24.4 Å². The lowest BCUT2D eigenvalue weighted by Gasteiger charge is -2.36. The van der Waals surface area contributed by atoms with E-state index in [4.69, 9.17) is 14.2 Å². The molecule has 9 nitrogen and oxygen atoms in total. The van der Waals surface area contributed by atoms with Crippen molar-refractivity contribution in [2.24, 2.45) is 4.99 Å². The van der Waals surface area contributed by atoms with Gasteiger partial charge in [-0.1, -0.05) is 17.8 Å². The van der Waals surface area contributed by atoms with Crippen LogP contribution in [0, 0.1) is 0 Å². The average molecular weight is 509 g/mol. The van der Waals surface area contributed by atoms with E-state index in [-0.39, 0.29) is 12.3 Å². The van der Waals surface area contributed by atoms with E-state index in [0.717, 1.165) is 17.0 Å². The quantitative estimate of drug-likeness (QED) is 0.513. The second kappa shape index (κ2) is 11.3. The summed E-state index contributed by atoms with van der Waals surface area (Å²) in [5.74, 6) is 0.546. The summed E-state index contributed by atoms with van der Waals surface area (Å²) in [6.07, 6.45) is 2.49. The molecule has 1 N–H and O–H groups in total. The Labute approximate surface area is 214 Å². The number of nitrogens with one attached hydrogen (secondary N) is 1. The van der Waals surface area contributed by atoms with Gasteiger partial charge >= 0.3 is 5.97 Å². The summed E-state index contributed by atoms with van der Waals surface area (Å²) < 4.78 is 16.1. The Balaban J connectivity index is 1.61. The zero-order valence-electron chi connectivity index (χ0n) is 20.6. The number of nitrogens with zero attached hydrogens (tertiary/aromatic N) is 3. The number of carbonyl (C=O) groups excluding carboxylic acids is 2. The summed E-state index contributed by atoms with van der Waals surface area (Å²) in [5.41, 5.74) is 3.34. The van der Waals surface area contributed by atoms with Crippen LogP contribution in [0.25, 0.3) is 0 Å². The van der Waals surface area contributed by atoms with Crippen molar-refractivity contribution in [3.8, 4) is 11.5 Å². The van der Waals surface area contributed by atoms with Crippen molar-refractivity contribution >= 4 is 28.8 Å². The third kappa shape index (κ3) is 5.38. The molecule has 1 atom stereocenters. The van der Waals surface area contributed by atoms with E-state index < -0.39 is 12.0 Å². The van der Waals surface area contributed by atoms with E-state index in [1.807, 2.05) is 40.6 Å². The minimum absolute atomic E-state index is 0.124. The molecule has 0 fully saturated rings. The molecular formula is C26H28N4O5S. The van der Waals surface area contributed by atoms with Crippen LogP contribution < -0.4 is 14.8 Å². The fourth-order valence-corrected chi connectivity index (χ4v) is 5.11. The number of benzene rings is 1. The number of amides is 1. The van der Waals surface area contributed by atoms with E-state index in [1.165, 1.54) is 18.9 Å². The molecule has 188 valence electrons. The van der Waals surface area contributed by atoms with Gasteiger partial charge in [0.05, 0.1) is 45.1 Å². The Morgan fingerprint density at radius 2 is 1.86 bits per heavy atom. The maximum Gasteiger partial charge on any atom is 0.338 e. The Morgan fingerprint density at radius 1 is 1.11 bits per heavy atom. The molecule has 0 saturated heterocycles. The summed E-state index contributed by atoms with van der Waals surface area (Å²) in [5, 5.41) is 5.54. The van der Waals surface area contributed by atoms with Crippen LogP contribution in [-0.2, 0) is 20.7 Å². The number of hydrogen-bond donors (Lipinski definition) is 1. The van der Waals surface area contributed by atoms with Crippen molar-refractivity contribution in [3.05, 3.63) is 76.2 Å². The van der Waals surface area contributed by atoms with Gasteiger partial charge in [-0.05, 0) is 42.2 Å². The van der Waals surface area contributed by atoms with Crippen LogP contribution in [0.4, 0.5) is 0 Å². The number of fused-ring (bicyclic) bond motifs is 1. The molecule has 1 aromatic carbocycles. The molecule has 3 heterocycles. The Hall–Kier alpha value is -3.79. The van der Waals surface area contributed by atoms with Gasteiger partial charge in [0.15, 0.2) is 5.17 Å². The average Bonchev–Trinajstić information content (AvgIpc) is 3.29. The Kier molecular flexibility index (Phi) is 7.94. The first-order valence-electron chi connectivity index (χ1n) is 11.4. The first-order valence-corrected chi connectivity index (χ1v) is 12.3. The molecule has 2 aromatic rings. The number of aromatic nitrogens is 1. The molecular weight excluding hydrogens is 480 g/mol. The highest BCUT2D eigenvalue weighted by Crippen LogP contribution is 2.46. The molecule has 0 radical (unpaired) electrons. The van der Waals surface area contributed by atoms with Crippen molar-refractivity contribution in [2.45, 2.75) is 25.8 Å². The van der Waals surface area contributed by atoms with Gasteiger partial charge in [0.1, 0.15) is 11.5 Å². The molecule has 2 aliphatic rings. The number of amidine groups is 1. The summed E-state index contributed by atoms with van der Waals surface area (Å²) >= 11 is 1.42. The zero-order valence-corrected chi connectivity index (χ0v) is 21.4. The minimum atomic E-state index is -0.573. The lowest BCUT2D eigenvalue weighted by atomic mass is 9.93. The number of rotatable bonds is 9. The Morgan fingerprint density at radius 3 is 2.50 bits per heavy atom. The van der Waals surface area contributed by atoms with Crippen molar-refractivity contribution < 1.29 is 23.8 Å². The van der Waals surface area contributed by atoms with Crippen LogP contribution in [0.5, 0.6) is 11.5 Å². The smallest absolute Gasteiger partial charge is 0.338 e. The highest BCUT2D eigenvalue weighted by atomic mass is 32.2. The van der Waals surface area contributed by atoms with Gasteiger partial charge in [-0.15, -0.1) is 0 Å².